The molecule has 0 fully saturated rings. The maximum Gasteiger partial charge on any atom is 0.317 e. The number of ether oxygens (including phenoxy) is 1. The monoisotopic (exact) mass is 341 g/mol. The topological polar surface area (TPSA) is 44.8 Å². The van der Waals surface area contributed by atoms with E-state index in [0.29, 0.717) is 30.6 Å². The van der Waals surface area contributed by atoms with E-state index in [2.05, 4.69) is 17.1 Å². The number of hydrogen-bond donors (Lipinski definition) is 1. The van der Waals surface area contributed by atoms with Crippen molar-refractivity contribution in [3.63, 3.8) is 0 Å². The number of hydrogen-bond acceptors (Lipinski definition) is 3. The Morgan fingerprint density at radius 2 is 2.04 bits per heavy atom. The molecule has 23 heavy (non-hydrogen) atoms. The van der Waals surface area contributed by atoms with E-state index >= 15 is 0 Å². The lowest BCUT2D eigenvalue weighted by molar-refractivity contribution is 0.203. The SMILES string of the molecule is CCOc1ccc(Cl)cc1CN(C)C(=O)NCC(C)CN(C)C. The van der Waals surface area contributed by atoms with Gasteiger partial charge in [0.15, 0.2) is 0 Å². The molecule has 1 unspecified atom stereocenters. The molecule has 6 heteroatoms. The van der Waals surface area contributed by atoms with Gasteiger partial charge in [-0.05, 0) is 45.1 Å². The number of halogens is 1. The van der Waals surface area contributed by atoms with E-state index in [1.54, 1.807) is 18.0 Å². The van der Waals surface area contributed by atoms with Gasteiger partial charge in [0.2, 0.25) is 0 Å². The van der Waals surface area contributed by atoms with Crippen LogP contribution in [0.2, 0.25) is 5.02 Å². The zero-order chi connectivity index (χ0) is 17.4. The molecule has 0 aliphatic carbocycles. The second-order valence-corrected chi connectivity index (χ2v) is 6.53. The van der Waals surface area contributed by atoms with E-state index < -0.39 is 0 Å². The molecule has 0 aromatic heterocycles. The van der Waals surface area contributed by atoms with Crippen LogP contribution in [0.25, 0.3) is 0 Å². The van der Waals surface area contributed by atoms with Crippen molar-refractivity contribution in [2.75, 3.05) is 40.8 Å². The number of urea groups is 1. The van der Waals surface area contributed by atoms with Crippen molar-refractivity contribution in [1.82, 2.24) is 15.1 Å². The normalized spacial score (nSPS) is 12.1. The van der Waals surface area contributed by atoms with Crippen LogP contribution >= 0.6 is 11.6 Å². The molecule has 2 amide bonds. The van der Waals surface area contributed by atoms with E-state index in [1.165, 1.54) is 0 Å². The zero-order valence-corrected chi connectivity index (χ0v) is 15.5. The van der Waals surface area contributed by atoms with E-state index in [1.807, 2.05) is 33.2 Å². The van der Waals surface area contributed by atoms with Crippen molar-refractivity contribution in [2.24, 2.45) is 5.92 Å². The van der Waals surface area contributed by atoms with Crippen molar-refractivity contribution in [2.45, 2.75) is 20.4 Å². The Bertz CT molecular complexity index is 509. The Balaban J connectivity index is 2.59. The summed E-state index contributed by atoms with van der Waals surface area (Å²) in [5, 5.41) is 3.60. The second-order valence-electron chi connectivity index (χ2n) is 6.09. The van der Waals surface area contributed by atoms with Crippen LogP contribution in [0, 0.1) is 5.92 Å². The number of carbonyl (C=O) groups excluding carboxylic acids is 1. The lowest BCUT2D eigenvalue weighted by Crippen LogP contribution is -2.40. The maximum atomic E-state index is 12.2. The fourth-order valence-electron chi connectivity index (χ4n) is 2.38. The third-order valence-electron chi connectivity index (χ3n) is 3.36. The van der Waals surface area contributed by atoms with Gasteiger partial charge >= 0.3 is 6.03 Å². The van der Waals surface area contributed by atoms with Crippen LogP contribution in [-0.4, -0.2) is 56.7 Å². The molecule has 1 N–H and O–H groups in total. The highest BCUT2D eigenvalue weighted by Crippen LogP contribution is 2.24. The minimum absolute atomic E-state index is 0.0990. The number of rotatable bonds is 8. The Labute approximate surface area is 144 Å². The molecule has 0 aliphatic rings. The van der Waals surface area contributed by atoms with Crippen LogP contribution in [0.3, 0.4) is 0 Å². The summed E-state index contributed by atoms with van der Waals surface area (Å²) < 4.78 is 5.59. The smallest absolute Gasteiger partial charge is 0.317 e. The second kappa shape index (κ2) is 9.63. The molecule has 130 valence electrons. The number of nitrogens with one attached hydrogen (secondary N) is 1. The molecule has 1 aromatic rings. The van der Waals surface area contributed by atoms with Crippen molar-refractivity contribution >= 4 is 17.6 Å². The highest BCUT2D eigenvalue weighted by atomic mass is 35.5. The van der Waals surface area contributed by atoms with Crippen molar-refractivity contribution in [3.8, 4) is 5.75 Å². The van der Waals surface area contributed by atoms with Crippen molar-refractivity contribution < 1.29 is 9.53 Å². The highest BCUT2D eigenvalue weighted by molar-refractivity contribution is 6.30. The lowest BCUT2D eigenvalue weighted by Gasteiger charge is -2.22. The van der Waals surface area contributed by atoms with Crippen LogP contribution in [0.1, 0.15) is 19.4 Å². The van der Waals surface area contributed by atoms with Crippen LogP contribution < -0.4 is 10.1 Å². The Morgan fingerprint density at radius 1 is 1.35 bits per heavy atom. The van der Waals surface area contributed by atoms with Crippen molar-refractivity contribution in [1.29, 1.82) is 0 Å². The standard InChI is InChI=1S/C17H28ClN3O2/c1-6-23-16-8-7-15(18)9-14(16)12-21(5)17(22)19-10-13(2)11-20(3)4/h7-9,13H,6,10-12H2,1-5H3,(H,19,22). The highest BCUT2D eigenvalue weighted by Gasteiger charge is 2.14. The number of carbonyl (C=O) groups is 1. The summed E-state index contributed by atoms with van der Waals surface area (Å²) in [6, 6.07) is 5.37. The first kappa shape index (κ1) is 19.6. The lowest BCUT2D eigenvalue weighted by atomic mass is 10.1. The van der Waals surface area contributed by atoms with Crippen LogP contribution in [0.5, 0.6) is 5.75 Å². The molecule has 0 bridgehead atoms. The molecule has 0 aliphatic heterocycles. The summed E-state index contributed by atoms with van der Waals surface area (Å²) >= 11 is 6.05. The van der Waals surface area contributed by atoms with Gasteiger partial charge in [-0.25, -0.2) is 4.79 Å². The summed E-state index contributed by atoms with van der Waals surface area (Å²) in [4.78, 5) is 16.0. The average molecular weight is 342 g/mol. The third kappa shape index (κ3) is 7.10. The molecule has 1 atom stereocenters. The predicted octanol–water partition coefficient (Wildman–Crippen LogP) is 3.08. The Kier molecular flexibility index (Phi) is 8.20. The maximum absolute atomic E-state index is 12.2. The fraction of sp³-hybridized carbons (Fsp3) is 0.588. The first-order valence-electron chi connectivity index (χ1n) is 7.88. The van der Waals surface area contributed by atoms with Gasteiger partial charge in [-0.15, -0.1) is 0 Å². The van der Waals surface area contributed by atoms with E-state index in [0.717, 1.165) is 17.9 Å². The number of amides is 2. The summed E-state index contributed by atoms with van der Waals surface area (Å²) in [6.45, 7) is 6.66. The quantitative estimate of drug-likeness (QED) is 0.790. The van der Waals surface area contributed by atoms with Crippen molar-refractivity contribution in [3.05, 3.63) is 28.8 Å². The third-order valence-corrected chi connectivity index (χ3v) is 3.59. The first-order valence-corrected chi connectivity index (χ1v) is 8.26. The van der Waals surface area contributed by atoms with Gasteiger partial charge in [0.1, 0.15) is 5.75 Å². The minimum atomic E-state index is -0.0990. The van der Waals surface area contributed by atoms with E-state index in [-0.39, 0.29) is 6.03 Å². The first-order chi connectivity index (χ1) is 10.8. The van der Waals surface area contributed by atoms with Crippen LogP contribution in [-0.2, 0) is 6.54 Å². The molecule has 1 rings (SSSR count). The minimum Gasteiger partial charge on any atom is -0.494 e. The summed E-state index contributed by atoms with van der Waals surface area (Å²) in [7, 11) is 5.82. The molecule has 0 heterocycles. The Hall–Kier alpha value is -1.46. The molecule has 0 saturated carbocycles. The van der Waals surface area contributed by atoms with Crippen LogP contribution in [0.15, 0.2) is 18.2 Å². The molecule has 5 nitrogen and oxygen atoms in total. The number of benzene rings is 1. The van der Waals surface area contributed by atoms with Gasteiger partial charge in [-0.3, -0.25) is 0 Å². The largest absolute Gasteiger partial charge is 0.494 e. The summed E-state index contributed by atoms with van der Waals surface area (Å²) in [6.07, 6.45) is 0. The summed E-state index contributed by atoms with van der Waals surface area (Å²) in [5.74, 6) is 1.16. The van der Waals surface area contributed by atoms with Gasteiger partial charge < -0.3 is 19.9 Å². The molecular formula is C17H28ClN3O2. The summed E-state index contributed by atoms with van der Waals surface area (Å²) in [5.41, 5.74) is 0.901. The van der Waals surface area contributed by atoms with Gasteiger partial charge in [0.25, 0.3) is 0 Å². The van der Waals surface area contributed by atoms with Gasteiger partial charge in [-0.1, -0.05) is 18.5 Å². The predicted molar refractivity (Wildman–Crippen MR) is 95.2 cm³/mol. The van der Waals surface area contributed by atoms with E-state index in [9.17, 15) is 4.79 Å². The van der Waals surface area contributed by atoms with E-state index in [4.69, 9.17) is 16.3 Å². The number of nitrogens with zero attached hydrogens (tertiary/aromatic N) is 2. The molecule has 0 spiro atoms. The van der Waals surface area contributed by atoms with Gasteiger partial charge in [0.05, 0.1) is 13.2 Å². The Morgan fingerprint density at radius 3 is 2.65 bits per heavy atom. The zero-order valence-electron chi connectivity index (χ0n) is 14.7. The molecule has 0 radical (unpaired) electrons. The molecular weight excluding hydrogens is 314 g/mol. The average Bonchev–Trinajstić information content (AvgIpc) is 2.47. The fourth-order valence-corrected chi connectivity index (χ4v) is 2.57. The van der Waals surface area contributed by atoms with Crippen LogP contribution in [0.4, 0.5) is 4.79 Å². The molecule has 1 aromatic carbocycles. The molecule has 0 saturated heterocycles. The van der Waals surface area contributed by atoms with Gasteiger partial charge in [0, 0.05) is 30.7 Å². The van der Waals surface area contributed by atoms with Gasteiger partial charge in [-0.2, -0.15) is 0 Å².